The molecule has 1 saturated carbocycles. The van der Waals surface area contributed by atoms with E-state index in [9.17, 15) is 8.42 Å². The first kappa shape index (κ1) is 11.0. The van der Waals surface area contributed by atoms with Gasteiger partial charge in [0.15, 0.2) is 5.03 Å². The monoisotopic (exact) mass is 248 g/mol. The Morgan fingerprint density at radius 2 is 2.27 bits per heavy atom. The number of rotatable bonds is 4. The Morgan fingerprint density at radius 1 is 1.60 bits per heavy atom. The van der Waals surface area contributed by atoms with Gasteiger partial charge in [0.25, 0.3) is 9.05 Å². The van der Waals surface area contributed by atoms with E-state index in [0.717, 1.165) is 18.9 Å². The van der Waals surface area contributed by atoms with E-state index in [2.05, 4.69) is 4.98 Å². The number of nitrogens with zero attached hydrogens (tertiary/aromatic N) is 2. The minimum absolute atomic E-state index is 0.0440. The summed E-state index contributed by atoms with van der Waals surface area (Å²) in [6.07, 6.45) is 5.21. The van der Waals surface area contributed by atoms with Crippen LogP contribution in [0.25, 0.3) is 0 Å². The molecule has 84 valence electrons. The first-order valence-electron chi connectivity index (χ1n) is 4.95. The van der Waals surface area contributed by atoms with E-state index in [-0.39, 0.29) is 5.03 Å². The average molecular weight is 249 g/mol. The third-order valence-corrected chi connectivity index (χ3v) is 3.85. The van der Waals surface area contributed by atoms with Gasteiger partial charge in [-0.2, -0.15) is 0 Å². The molecule has 0 aromatic carbocycles. The number of imidazole rings is 1. The Kier molecular flexibility index (Phi) is 2.77. The fraction of sp³-hybridized carbons (Fsp3) is 0.667. The van der Waals surface area contributed by atoms with Gasteiger partial charge in [0.1, 0.15) is 5.82 Å². The molecule has 4 nitrogen and oxygen atoms in total. The standard InChI is InChI=1S/C9H13ClN2O2S/c1-7-11-9(15(10,13)14)6-12(7)5-4-8-2-3-8/h6,8H,2-5H2,1H3. The zero-order valence-corrected chi connectivity index (χ0v) is 10.1. The average Bonchev–Trinajstić information content (AvgIpc) is 2.86. The summed E-state index contributed by atoms with van der Waals surface area (Å²) in [5.41, 5.74) is 0. The van der Waals surface area contributed by atoms with E-state index < -0.39 is 9.05 Å². The van der Waals surface area contributed by atoms with Crippen LogP contribution in [-0.4, -0.2) is 18.0 Å². The molecule has 0 radical (unpaired) electrons. The molecule has 0 amide bonds. The van der Waals surface area contributed by atoms with Crippen molar-refractivity contribution in [3.63, 3.8) is 0 Å². The maximum absolute atomic E-state index is 11.0. The highest BCUT2D eigenvalue weighted by Crippen LogP contribution is 2.32. The van der Waals surface area contributed by atoms with E-state index >= 15 is 0 Å². The Hall–Kier alpha value is -0.550. The van der Waals surface area contributed by atoms with Crippen molar-refractivity contribution in [2.45, 2.75) is 37.8 Å². The lowest BCUT2D eigenvalue weighted by Crippen LogP contribution is -1.99. The highest BCUT2D eigenvalue weighted by Gasteiger charge is 2.22. The highest BCUT2D eigenvalue weighted by atomic mass is 35.7. The van der Waals surface area contributed by atoms with Gasteiger partial charge >= 0.3 is 0 Å². The second-order valence-corrected chi connectivity index (χ2v) is 6.50. The third kappa shape index (κ3) is 2.72. The van der Waals surface area contributed by atoms with E-state index in [4.69, 9.17) is 10.7 Å². The van der Waals surface area contributed by atoms with Crippen molar-refractivity contribution >= 4 is 19.7 Å². The van der Waals surface area contributed by atoms with Gasteiger partial charge in [0, 0.05) is 23.4 Å². The predicted molar refractivity (Wildman–Crippen MR) is 57.3 cm³/mol. The molecule has 1 heterocycles. The molecular weight excluding hydrogens is 236 g/mol. The van der Waals surface area contributed by atoms with Crippen molar-refractivity contribution in [3.05, 3.63) is 12.0 Å². The number of hydrogen-bond donors (Lipinski definition) is 0. The molecule has 1 aliphatic carbocycles. The van der Waals surface area contributed by atoms with E-state index in [1.807, 2.05) is 4.57 Å². The predicted octanol–water partition coefficient (Wildman–Crippen LogP) is 1.92. The molecule has 0 aliphatic heterocycles. The molecule has 0 bridgehead atoms. The van der Waals surface area contributed by atoms with Crippen LogP contribution in [0.2, 0.25) is 0 Å². The fourth-order valence-corrected chi connectivity index (χ4v) is 2.27. The van der Waals surface area contributed by atoms with Crippen LogP contribution in [0.4, 0.5) is 0 Å². The minimum Gasteiger partial charge on any atom is -0.334 e. The minimum atomic E-state index is -3.69. The maximum Gasteiger partial charge on any atom is 0.280 e. The molecule has 6 heteroatoms. The van der Waals surface area contributed by atoms with Gasteiger partial charge in [0.05, 0.1) is 0 Å². The topological polar surface area (TPSA) is 52.0 Å². The number of hydrogen-bond acceptors (Lipinski definition) is 3. The van der Waals surface area contributed by atoms with E-state index in [1.165, 1.54) is 19.0 Å². The number of halogens is 1. The van der Waals surface area contributed by atoms with Crippen LogP contribution in [-0.2, 0) is 15.6 Å². The SMILES string of the molecule is Cc1nc(S(=O)(=O)Cl)cn1CCC1CC1. The fourth-order valence-electron chi connectivity index (χ4n) is 1.55. The molecule has 0 spiro atoms. The van der Waals surface area contributed by atoms with Gasteiger partial charge in [-0.25, -0.2) is 13.4 Å². The molecular formula is C9H13ClN2O2S. The summed E-state index contributed by atoms with van der Waals surface area (Å²) >= 11 is 0. The smallest absolute Gasteiger partial charge is 0.280 e. The summed E-state index contributed by atoms with van der Waals surface area (Å²) in [4.78, 5) is 3.92. The number of aryl methyl sites for hydroxylation is 2. The van der Waals surface area contributed by atoms with Crippen LogP contribution in [0.15, 0.2) is 11.2 Å². The molecule has 0 atom stereocenters. The zero-order valence-electron chi connectivity index (χ0n) is 8.48. The van der Waals surface area contributed by atoms with Crippen LogP contribution >= 0.6 is 10.7 Å². The maximum atomic E-state index is 11.0. The number of aromatic nitrogens is 2. The molecule has 1 fully saturated rings. The van der Waals surface area contributed by atoms with Gasteiger partial charge < -0.3 is 4.57 Å². The van der Waals surface area contributed by atoms with Crippen LogP contribution in [0, 0.1) is 12.8 Å². The van der Waals surface area contributed by atoms with Crippen molar-refractivity contribution in [1.29, 1.82) is 0 Å². The van der Waals surface area contributed by atoms with Crippen molar-refractivity contribution < 1.29 is 8.42 Å². The van der Waals surface area contributed by atoms with Gasteiger partial charge in [-0.3, -0.25) is 0 Å². The molecule has 0 saturated heterocycles. The summed E-state index contributed by atoms with van der Waals surface area (Å²) < 4.78 is 23.9. The zero-order chi connectivity index (χ0) is 11.1. The molecule has 0 N–H and O–H groups in total. The first-order valence-corrected chi connectivity index (χ1v) is 7.26. The van der Waals surface area contributed by atoms with E-state index in [0.29, 0.717) is 5.82 Å². The van der Waals surface area contributed by atoms with Crippen LogP contribution < -0.4 is 0 Å². The largest absolute Gasteiger partial charge is 0.334 e. The Labute approximate surface area is 93.7 Å². The molecule has 1 aromatic heterocycles. The van der Waals surface area contributed by atoms with E-state index in [1.54, 1.807) is 6.92 Å². The first-order chi connectivity index (χ1) is 6.97. The molecule has 15 heavy (non-hydrogen) atoms. The van der Waals surface area contributed by atoms with Gasteiger partial charge in [-0.15, -0.1) is 0 Å². The Balaban J connectivity index is 2.13. The summed E-state index contributed by atoms with van der Waals surface area (Å²) in [5, 5.41) is -0.0440. The molecule has 1 aromatic rings. The molecule has 0 unspecified atom stereocenters. The third-order valence-electron chi connectivity index (χ3n) is 2.68. The van der Waals surface area contributed by atoms with Crippen molar-refractivity contribution in [1.82, 2.24) is 9.55 Å². The normalized spacial score (nSPS) is 16.9. The lowest BCUT2D eigenvalue weighted by molar-refractivity contribution is 0.583. The van der Waals surface area contributed by atoms with Crippen LogP contribution in [0.5, 0.6) is 0 Å². The Morgan fingerprint density at radius 3 is 2.73 bits per heavy atom. The second-order valence-electron chi connectivity index (χ2n) is 3.99. The summed E-state index contributed by atoms with van der Waals surface area (Å²) in [7, 11) is 1.53. The van der Waals surface area contributed by atoms with Gasteiger partial charge in [-0.1, -0.05) is 12.8 Å². The van der Waals surface area contributed by atoms with Crippen LogP contribution in [0.1, 0.15) is 25.1 Å². The highest BCUT2D eigenvalue weighted by molar-refractivity contribution is 8.13. The van der Waals surface area contributed by atoms with Gasteiger partial charge in [0.2, 0.25) is 0 Å². The quantitative estimate of drug-likeness (QED) is 0.765. The van der Waals surface area contributed by atoms with Gasteiger partial charge in [-0.05, 0) is 19.3 Å². The lowest BCUT2D eigenvalue weighted by Gasteiger charge is -2.02. The summed E-state index contributed by atoms with van der Waals surface area (Å²) in [5.74, 6) is 1.53. The summed E-state index contributed by atoms with van der Waals surface area (Å²) in [6.45, 7) is 2.62. The Bertz CT molecular complexity index is 462. The van der Waals surface area contributed by atoms with Crippen molar-refractivity contribution in [2.75, 3.05) is 0 Å². The van der Waals surface area contributed by atoms with Crippen molar-refractivity contribution in [3.8, 4) is 0 Å². The molecule has 1 aliphatic rings. The lowest BCUT2D eigenvalue weighted by atomic mass is 10.3. The summed E-state index contributed by atoms with van der Waals surface area (Å²) in [6, 6.07) is 0. The van der Waals surface area contributed by atoms with Crippen LogP contribution in [0.3, 0.4) is 0 Å². The van der Waals surface area contributed by atoms with Crippen molar-refractivity contribution in [2.24, 2.45) is 5.92 Å². The molecule has 2 rings (SSSR count). The second kappa shape index (κ2) is 3.79.